The molecule has 3 fully saturated rings. The lowest BCUT2D eigenvalue weighted by Gasteiger charge is -2.54. The second-order valence-electron chi connectivity index (χ2n) is 8.43. The Morgan fingerprint density at radius 3 is 2.82 bits per heavy atom. The van der Waals surface area contributed by atoms with Gasteiger partial charge in [0.2, 0.25) is 0 Å². The molecule has 2 heteroatoms. The van der Waals surface area contributed by atoms with Crippen LogP contribution >= 0.6 is 0 Å². The summed E-state index contributed by atoms with van der Waals surface area (Å²) in [6.45, 7) is 2.22. The molecule has 4 rings (SSSR count). The van der Waals surface area contributed by atoms with Gasteiger partial charge in [-0.1, -0.05) is 24.5 Å². The van der Waals surface area contributed by atoms with Crippen LogP contribution in [0.4, 0.5) is 4.39 Å². The van der Waals surface area contributed by atoms with Gasteiger partial charge in [-0.15, -0.1) is 6.42 Å². The van der Waals surface area contributed by atoms with Crippen LogP contribution in [-0.4, -0.2) is 16.9 Å². The van der Waals surface area contributed by atoms with Crippen LogP contribution in [0.5, 0.6) is 0 Å². The third-order valence-electron chi connectivity index (χ3n) is 7.78. The fourth-order valence-electron chi connectivity index (χ4n) is 6.47. The van der Waals surface area contributed by atoms with E-state index in [1.54, 1.807) is 0 Å². The molecule has 22 heavy (non-hydrogen) atoms. The predicted octanol–water partition coefficient (Wildman–Crippen LogP) is 4.26. The van der Waals surface area contributed by atoms with Crippen LogP contribution in [0.1, 0.15) is 58.3 Å². The molecule has 4 aliphatic rings. The molecule has 1 N–H and O–H groups in total. The van der Waals surface area contributed by atoms with E-state index in [2.05, 4.69) is 18.9 Å². The zero-order chi connectivity index (χ0) is 15.5. The number of fused-ring (bicyclic) bond motifs is 5. The molecule has 0 aromatic carbocycles. The minimum atomic E-state index is -0.913. The van der Waals surface area contributed by atoms with Crippen molar-refractivity contribution in [3.8, 4) is 12.3 Å². The van der Waals surface area contributed by atoms with Gasteiger partial charge in [0, 0.05) is 5.41 Å². The van der Waals surface area contributed by atoms with Crippen LogP contribution in [0.2, 0.25) is 0 Å². The number of halogens is 1. The van der Waals surface area contributed by atoms with Crippen LogP contribution in [0.3, 0.4) is 0 Å². The molecule has 120 valence electrons. The maximum atomic E-state index is 13.7. The van der Waals surface area contributed by atoms with E-state index in [4.69, 9.17) is 6.42 Å². The molecule has 0 heterocycles. The Balaban J connectivity index is 1.64. The van der Waals surface area contributed by atoms with E-state index in [0.29, 0.717) is 30.1 Å². The zero-order valence-electron chi connectivity index (χ0n) is 13.5. The van der Waals surface area contributed by atoms with Crippen LogP contribution in [0, 0.1) is 41.4 Å². The summed E-state index contributed by atoms with van der Waals surface area (Å²) in [6, 6.07) is 0. The summed E-state index contributed by atoms with van der Waals surface area (Å²) in [5.41, 5.74) is 0.364. The van der Waals surface area contributed by atoms with Gasteiger partial charge in [0.1, 0.15) is 11.8 Å². The highest BCUT2D eigenvalue weighted by Gasteiger charge is 2.61. The first-order chi connectivity index (χ1) is 10.5. The van der Waals surface area contributed by atoms with Gasteiger partial charge in [0.05, 0.1) is 0 Å². The fraction of sp³-hybridized carbons (Fsp3) is 0.800. The van der Waals surface area contributed by atoms with Crippen molar-refractivity contribution >= 4 is 0 Å². The first kappa shape index (κ1) is 14.8. The van der Waals surface area contributed by atoms with Gasteiger partial charge in [-0.2, -0.15) is 0 Å². The molecule has 0 aromatic rings. The van der Waals surface area contributed by atoms with Crippen molar-refractivity contribution in [3.63, 3.8) is 0 Å². The molecule has 7 atom stereocenters. The maximum Gasteiger partial charge on any atom is 0.130 e. The number of hydrogen-bond acceptors (Lipinski definition) is 1. The average molecular weight is 302 g/mol. The van der Waals surface area contributed by atoms with Gasteiger partial charge < -0.3 is 5.11 Å². The van der Waals surface area contributed by atoms with Crippen molar-refractivity contribution in [2.45, 2.75) is 70.1 Å². The molecule has 0 bridgehead atoms. The zero-order valence-corrected chi connectivity index (χ0v) is 13.5. The lowest BCUT2D eigenvalue weighted by molar-refractivity contribution is -0.0820. The van der Waals surface area contributed by atoms with Gasteiger partial charge in [-0.3, -0.25) is 0 Å². The van der Waals surface area contributed by atoms with Gasteiger partial charge >= 0.3 is 0 Å². The summed E-state index contributed by atoms with van der Waals surface area (Å²) in [5, 5.41) is 10.9. The summed E-state index contributed by atoms with van der Waals surface area (Å²) in [4.78, 5) is 0. The Hall–Kier alpha value is -0.810. The number of allylic oxidation sites excluding steroid dienone is 2. The second kappa shape index (κ2) is 4.84. The van der Waals surface area contributed by atoms with Crippen molar-refractivity contribution in [1.29, 1.82) is 0 Å². The van der Waals surface area contributed by atoms with E-state index in [1.807, 2.05) is 0 Å². The van der Waals surface area contributed by atoms with Gasteiger partial charge in [0.25, 0.3) is 0 Å². The van der Waals surface area contributed by atoms with Crippen molar-refractivity contribution in [2.75, 3.05) is 0 Å². The lowest BCUT2D eigenvalue weighted by atomic mass is 9.51. The molecule has 0 spiro atoms. The Labute approximate surface area is 133 Å². The van der Waals surface area contributed by atoms with Crippen LogP contribution < -0.4 is 0 Å². The Morgan fingerprint density at radius 1 is 1.23 bits per heavy atom. The minimum Gasteiger partial charge on any atom is -0.377 e. The second-order valence-corrected chi connectivity index (χ2v) is 8.43. The molecule has 3 saturated carbocycles. The van der Waals surface area contributed by atoms with Crippen molar-refractivity contribution < 1.29 is 9.50 Å². The Bertz CT molecular complexity index is 546. The topological polar surface area (TPSA) is 20.2 Å². The molecule has 0 saturated heterocycles. The van der Waals surface area contributed by atoms with Crippen molar-refractivity contribution in [2.24, 2.45) is 29.1 Å². The lowest BCUT2D eigenvalue weighted by Crippen LogP contribution is -2.51. The van der Waals surface area contributed by atoms with Gasteiger partial charge in [-0.05, 0) is 75.0 Å². The highest BCUT2D eigenvalue weighted by molar-refractivity contribution is 5.26. The molecule has 7 unspecified atom stereocenters. The van der Waals surface area contributed by atoms with Crippen molar-refractivity contribution in [1.82, 2.24) is 0 Å². The van der Waals surface area contributed by atoms with Crippen molar-refractivity contribution in [3.05, 3.63) is 11.6 Å². The Kier molecular flexibility index (Phi) is 3.25. The predicted molar refractivity (Wildman–Crippen MR) is 85.8 cm³/mol. The highest BCUT2D eigenvalue weighted by atomic mass is 19.1. The van der Waals surface area contributed by atoms with E-state index >= 15 is 0 Å². The van der Waals surface area contributed by atoms with E-state index in [1.165, 1.54) is 5.57 Å². The van der Waals surface area contributed by atoms with Crippen LogP contribution in [-0.2, 0) is 0 Å². The van der Waals surface area contributed by atoms with Crippen LogP contribution in [0.25, 0.3) is 0 Å². The number of aliphatic hydroxyl groups is 1. The monoisotopic (exact) mass is 302 g/mol. The largest absolute Gasteiger partial charge is 0.377 e. The van der Waals surface area contributed by atoms with Gasteiger partial charge in [0.15, 0.2) is 0 Å². The minimum absolute atomic E-state index is 0.119. The molecule has 1 nitrogen and oxygen atoms in total. The summed E-state index contributed by atoms with van der Waals surface area (Å²) < 4.78 is 13.7. The first-order valence-corrected chi connectivity index (χ1v) is 9.01. The number of terminal acetylenes is 1. The Morgan fingerprint density at radius 2 is 2.05 bits per heavy atom. The summed E-state index contributed by atoms with van der Waals surface area (Å²) in [6.07, 6.45) is 14.9. The van der Waals surface area contributed by atoms with E-state index in [0.717, 1.165) is 44.9 Å². The summed E-state index contributed by atoms with van der Waals surface area (Å²) in [7, 11) is 0. The fourth-order valence-corrected chi connectivity index (χ4v) is 6.47. The standard InChI is InChI=1S/C20H27FO/c1-3-20(22)11-9-18-17-6-4-13-12-14(21)5-7-15(13)16(17)8-10-19(18,20)2/h1,4,14-18,22H,5-12H2,2H3. The molecule has 4 aliphatic carbocycles. The van der Waals surface area contributed by atoms with E-state index in [-0.39, 0.29) is 5.41 Å². The quantitative estimate of drug-likeness (QED) is 0.523. The third kappa shape index (κ3) is 1.81. The maximum absolute atomic E-state index is 13.7. The molecule has 0 radical (unpaired) electrons. The normalized spacial score (nSPS) is 53.7. The molecule has 0 aromatic heterocycles. The van der Waals surface area contributed by atoms with Crippen LogP contribution in [0.15, 0.2) is 11.6 Å². The number of rotatable bonds is 0. The smallest absolute Gasteiger partial charge is 0.130 e. The summed E-state index contributed by atoms with van der Waals surface area (Å²) in [5.74, 6) is 5.21. The van der Waals surface area contributed by atoms with E-state index in [9.17, 15) is 9.50 Å². The molecular formula is C20H27FO. The van der Waals surface area contributed by atoms with Gasteiger partial charge in [-0.25, -0.2) is 4.39 Å². The molecule has 0 aliphatic heterocycles. The SMILES string of the molecule is C#CC1(O)CCC2C3CC=C4CC(F)CCC4C3CCC21C. The summed E-state index contributed by atoms with van der Waals surface area (Å²) >= 11 is 0. The third-order valence-corrected chi connectivity index (χ3v) is 7.78. The molecular weight excluding hydrogens is 275 g/mol. The average Bonchev–Trinajstić information content (AvgIpc) is 2.79. The number of alkyl halides is 1. The molecule has 0 amide bonds. The first-order valence-electron chi connectivity index (χ1n) is 9.01. The van der Waals surface area contributed by atoms with E-state index < -0.39 is 11.8 Å². The highest BCUT2D eigenvalue weighted by Crippen LogP contribution is 2.64. The number of hydrogen-bond donors (Lipinski definition) is 1.